The zero-order chi connectivity index (χ0) is 21.4. The van der Waals surface area contributed by atoms with Gasteiger partial charge in [0.05, 0.1) is 13.7 Å². The Kier molecular flexibility index (Phi) is 7.83. The molecule has 0 saturated heterocycles. The van der Waals surface area contributed by atoms with Crippen LogP contribution in [0.2, 0.25) is 0 Å². The molecule has 0 unspecified atom stereocenters. The van der Waals surface area contributed by atoms with Crippen LogP contribution < -0.4 is 20.3 Å². The van der Waals surface area contributed by atoms with E-state index in [1.165, 1.54) is 6.08 Å². The zero-order valence-electron chi connectivity index (χ0n) is 17.5. The number of hydrogen-bond donors (Lipinski definition) is 2. The van der Waals surface area contributed by atoms with Crippen molar-refractivity contribution in [1.82, 2.24) is 10.9 Å². The van der Waals surface area contributed by atoms with Gasteiger partial charge in [0.1, 0.15) is 0 Å². The van der Waals surface area contributed by atoms with Gasteiger partial charge in [-0.3, -0.25) is 20.4 Å². The van der Waals surface area contributed by atoms with Gasteiger partial charge in [0.2, 0.25) is 0 Å². The molecule has 0 spiro atoms. The third-order valence-corrected chi connectivity index (χ3v) is 4.11. The first-order valence-electron chi connectivity index (χ1n) is 9.46. The maximum Gasteiger partial charge on any atom is 0.269 e. The van der Waals surface area contributed by atoms with Crippen LogP contribution in [0, 0.1) is 19.8 Å². The second kappa shape index (κ2) is 10.3. The third-order valence-electron chi connectivity index (χ3n) is 4.11. The molecule has 6 nitrogen and oxygen atoms in total. The summed E-state index contributed by atoms with van der Waals surface area (Å²) in [4.78, 5) is 24.2. The molecule has 2 amide bonds. The molecule has 0 fully saturated rings. The fourth-order valence-corrected chi connectivity index (χ4v) is 2.63. The molecule has 0 atom stereocenters. The number of aryl methyl sites for hydroxylation is 2. The van der Waals surface area contributed by atoms with Crippen molar-refractivity contribution in [3.8, 4) is 11.5 Å². The van der Waals surface area contributed by atoms with Crippen molar-refractivity contribution in [1.29, 1.82) is 0 Å². The van der Waals surface area contributed by atoms with E-state index < -0.39 is 5.91 Å². The summed E-state index contributed by atoms with van der Waals surface area (Å²) >= 11 is 0. The van der Waals surface area contributed by atoms with Gasteiger partial charge < -0.3 is 9.47 Å². The van der Waals surface area contributed by atoms with E-state index in [2.05, 4.69) is 24.7 Å². The smallest absolute Gasteiger partial charge is 0.269 e. The first-order chi connectivity index (χ1) is 13.8. The summed E-state index contributed by atoms with van der Waals surface area (Å²) in [7, 11) is 1.57. The lowest BCUT2D eigenvalue weighted by Crippen LogP contribution is -2.41. The van der Waals surface area contributed by atoms with Crippen LogP contribution in [0.1, 0.15) is 40.9 Å². The largest absolute Gasteiger partial charge is 0.493 e. The zero-order valence-corrected chi connectivity index (χ0v) is 17.5. The van der Waals surface area contributed by atoms with Gasteiger partial charge >= 0.3 is 0 Å². The van der Waals surface area contributed by atoms with E-state index >= 15 is 0 Å². The quantitative estimate of drug-likeness (QED) is 0.551. The lowest BCUT2D eigenvalue weighted by atomic mass is 10.1. The van der Waals surface area contributed by atoms with Crippen LogP contribution in [0.3, 0.4) is 0 Å². The topological polar surface area (TPSA) is 76.7 Å². The number of nitrogens with one attached hydrogen (secondary N) is 2. The predicted molar refractivity (Wildman–Crippen MR) is 114 cm³/mol. The van der Waals surface area contributed by atoms with Crippen molar-refractivity contribution in [3.05, 3.63) is 64.7 Å². The Morgan fingerprint density at radius 2 is 1.79 bits per heavy atom. The highest BCUT2D eigenvalue weighted by Gasteiger charge is 2.09. The van der Waals surface area contributed by atoms with Crippen molar-refractivity contribution >= 4 is 17.9 Å². The first kappa shape index (κ1) is 22.0. The molecule has 0 radical (unpaired) electrons. The maximum atomic E-state index is 12.2. The van der Waals surface area contributed by atoms with Gasteiger partial charge in [-0.15, -0.1) is 0 Å². The summed E-state index contributed by atoms with van der Waals surface area (Å²) < 4.78 is 11.1. The molecule has 0 aliphatic carbocycles. The van der Waals surface area contributed by atoms with Gasteiger partial charge in [-0.05, 0) is 55.2 Å². The number of hydrazine groups is 1. The molecule has 2 aromatic rings. The van der Waals surface area contributed by atoms with Gasteiger partial charge in [-0.25, -0.2) is 0 Å². The van der Waals surface area contributed by atoms with E-state index in [1.807, 2.05) is 32.0 Å². The third kappa shape index (κ3) is 6.68. The molecule has 2 N–H and O–H groups in total. The van der Waals surface area contributed by atoms with Gasteiger partial charge in [-0.1, -0.05) is 37.6 Å². The summed E-state index contributed by atoms with van der Waals surface area (Å²) in [6.45, 7) is 8.54. The molecule has 0 saturated carbocycles. The summed E-state index contributed by atoms with van der Waals surface area (Å²) in [6.07, 6.45) is 2.97. The van der Waals surface area contributed by atoms with Crippen LogP contribution >= 0.6 is 0 Å². The monoisotopic (exact) mass is 396 g/mol. The Labute approximate surface area is 171 Å². The van der Waals surface area contributed by atoms with E-state index in [9.17, 15) is 9.59 Å². The fourth-order valence-electron chi connectivity index (χ4n) is 2.63. The van der Waals surface area contributed by atoms with E-state index in [-0.39, 0.29) is 5.91 Å². The van der Waals surface area contributed by atoms with Crippen molar-refractivity contribution < 1.29 is 19.1 Å². The van der Waals surface area contributed by atoms with Crippen LogP contribution in [0.5, 0.6) is 11.5 Å². The summed E-state index contributed by atoms with van der Waals surface area (Å²) in [6, 6.07) is 10.9. The van der Waals surface area contributed by atoms with E-state index in [0.29, 0.717) is 29.6 Å². The van der Waals surface area contributed by atoms with Gasteiger partial charge in [0, 0.05) is 11.6 Å². The second-order valence-electron chi connectivity index (χ2n) is 7.21. The molecule has 154 valence electrons. The lowest BCUT2D eigenvalue weighted by Gasteiger charge is -2.12. The number of carbonyl (C=O) groups excluding carboxylic acids is 2. The molecular weight excluding hydrogens is 368 g/mol. The Bertz CT molecular complexity index is 904. The maximum absolute atomic E-state index is 12.2. The molecular formula is C23H28N2O4. The molecule has 2 rings (SSSR count). The van der Waals surface area contributed by atoms with Crippen molar-refractivity contribution in [2.24, 2.45) is 5.92 Å². The second-order valence-corrected chi connectivity index (χ2v) is 7.21. The van der Waals surface area contributed by atoms with Gasteiger partial charge in [0.25, 0.3) is 11.8 Å². The van der Waals surface area contributed by atoms with Crippen molar-refractivity contribution in [2.75, 3.05) is 13.7 Å². The van der Waals surface area contributed by atoms with Crippen LogP contribution in [0.25, 0.3) is 6.08 Å². The van der Waals surface area contributed by atoms with E-state index in [1.54, 1.807) is 31.4 Å². The predicted octanol–water partition coefficient (Wildman–Crippen LogP) is 3.82. The average Bonchev–Trinajstić information content (AvgIpc) is 2.69. The molecule has 29 heavy (non-hydrogen) atoms. The molecule has 2 aromatic carbocycles. The molecule has 0 bridgehead atoms. The molecule has 0 heterocycles. The molecule has 0 aliphatic rings. The number of methoxy groups -OCH3 is 1. The van der Waals surface area contributed by atoms with Crippen LogP contribution in [-0.4, -0.2) is 25.5 Å². The highest BCUT2D eigenvalue weighted by atomic mass is 16.5. The number of ether oxygens (including phenoxy) is 2. The average molecular weight is 396 g/mol. The van der Waals surface area contributed by atoms with Crippen molar-refractivity contribution in [2.45, 2.75) is 27.7 Å². The SMILES string of the molecule is COc1cc(/C=C/C(=O)NNC(=O)c2ccc(C)cc2C)ccc1OCC(C)C. The number of amides is 2. The van der Waals surface area contributed by atoms with Gasteiger partial charge in [-0.2, -0.15) is 0 Å². The summed E-state index contributed by atoms with van der Waals surface area (Å²) in [5, 5.41) is 0. The number of carbonyl (C=O) groups is 2. The number of benzene rings is 2. The van der Waals surface area contributed by atoms with Crippen LogP contribution in [-0.2, 0) is 4.79 Å². The minimum Gasteiger partial charge on any atom is -0.493 e. The summed E-state index contributed by atoms with van der Waals surface area (Å²) in [5.74, 6) is 0.849. The van der Waals surface area contributed by atoms with Gasteiger partial charge in [0.15, 0.2) is 11.5 Å². The molecule has 6 heteroatoms. The van der Waals surface area contributed by atoms with E-state index in [4.69, 9.17) is 9.47 Å². The molecule has 0 aliphatic heterocycles. The Morgan fingerprint density at radius 3 is 2.45 bits per heavy atom. The normalized spacial score (nSPS) is 10.8. The standard InChI is InChI=1S/C23H28N2O4/c1-15(2)14-29-20-10-7-18(13-21(20)28-5)8-11-22(26)24-25-23(27)19-9-6-16(3)12-17(19)4/h6-13,15H,14H2,1-5H3,(H,24,26)(H,25,27)/b11-8+. The van der Waals surface area contributed by atoms with Crippen molar-refractivity contribution in [3.63, 3.8) is 0 Å². The Hall–Kier alpha value is -3.28. The lowest BCUT2D eigenvalue weighted by molar-refractivity contribution is -0.117. The Morgan fingerprint density at radius 1 is 1.03 bits per heavy atom. The van der Waals surface area contributed by atoms with Crippen LogP contribution in [0.4, 0.5) is 0 Å². The minimum absolute atomic E-state index is 0.363. The molecule has 0 aromatic heterocycles. The number of rotatable bonds is 7. The number of hydrogen-bond acceptors (Lipinski definition) is 4. The fraction of sp³-hybridized carbons (Fsp3) is 0.304. The van der Waals surface area contributed by atoms with Crippen LogP contribution in [0.15, 0.2) is 42.5 Å². The minimum atomic E-state index is -0.442. The first-order valence-corrected chi connectivity index (χ1v) is 9.46. The summed E-state index contributed by atoms with van der Waals surface area (Å²) in [5.41, 5.74) is 8.01. The highest BCUT2D eigenvalue weighted by Crippen LogP contribution is 2.28. The van der Waals surface area contributed by atoms with E-state index in [0.717, 1.165) is 16.7 Å². The highest BCUT2D eigenvalue weighted by molar-refractivity contribution is 5.98. The Balaban J connectivity index is 1.95.